The zero-order chi connectivity index (χ0) is 22.8. The van der Waals surface area contributed by atoms with Crippen molar-refractivity contribution in [3.8, 4) is 11.1 Å². The summed E-state index contributed by atoms with van der Waals surface area (Å²) in [6.45, 7) is 5.77. The van der Waals surface area contributed by atoms with Crippen molar-refractivity contribution in [1.82, 2.24) is 14.8 Å². The van der Waals surface area contributed by atoms with Crippen molar-refractivity contribution in [2.24, 2.45) is 5.41 Å². The van der Waals surface area contributed by atoms with Gasteiger partial charge in [0.2, 0.25) is 0 Å². The fourth-order valence-electron chi connectivity index (χ4n) is 5.06. The van der Waals surface area contributed by atoms with Gasteiger partial charge in [0, 0.05) is 28.1 Å². The lowest BCUT2D eigenvalue weighted by Gasteiger charge is -2.44. The summed E-state index contributed by atoms with van der Waals surface area (Å²) < 4.78 is 15.5. The minimum Gasteiger partial charge on any atom is -0.481 e. The lowest BCUT2D eigenvalue weighted by atomic mass is 9.66. The predicted molar refractivity (Wildman–Crippen MR) is 121 cm³/mol. The minimum absolute atomic E-state index is 0.0103. The van der Waals surface area contributed by atoms with Gasteiger partial charge in [0.05, 0.1) is 17.1 Å². The number of benzene rings is 2. The molecular formula is C25H24FN3O3. The average Bonchev–Trinajstić information content (AvgIpc) is 3.18. The van der Waals surface area contributed by atoms with Gasteiger partial charge in [-0.3, -0.25) is 14.7 Å². The van der Waals surface area contributed by atoms with Crippen molar-refractivity contribution < 1.29 is 14.3 Å². The van der Waals surface area contributed by atoms with E-state index in [-0.39, 0.29) is 23.3 Å². The van der Waals surface area contributed by atoms with Gasteiger partial charge in [0.25, 0.3) is 5.56 Å². The Morgan fingerprint density at radius 3 is 2.53 bits per heavy atom. The van der Waals surface area contributed by atoms with Crippen LogP contribution < -0.4 is 5.56 Å². The van der Waals surface area contributed by atoms with E-state index in [1.807, 2.05) is 26.0 Å². The van der Waals surface area contributed by atoms with Gasteiger partial charge in [-0.05, 0) is 60.9 Å². The zero-order valence-corrected chi connectivity index (χ0v) is 18.1. The van der Waals surface area contributed by atoms with Crippen LogP contribution in [0.5, 0.6) is 0 Å². The van der Waals surface area contributed by atoms with Crippen molar-refractivity contribution in [2.45, 2.75) is 45.6 Å². The van der Waals surface area contributed by atoms with E-state index in [0.29, 0.717) is 18.2 Å². The molecule has 0 radical (unpaired) electrons. The van der Waals surface area contributed by atoms with E-state index < -0.39 is 11.4 Å². The Morgan fingerprint density at radius 1 is 1.22 bits per heavy atom. The summed E-state index contributed by atoms with van der Waals surface area (Å²) in [5.41, 5.74) is 2.32. The monoisotopic (exact) mass is 433 g/mol. The summed E-state index contributed by atoms with van der Waals surface area (Å²) in [7, 11) is 0. The van der Waals surface area contributed by atoms with Crippen LogP contribution in [0.3, 0.4) is 0 Å². The van der Waals surface area contributed by atoms with Gasteiger partial charge in [-0.15, -0.1) is 0 Å². The molecule has 1 fully saturated rings. The first-order valence-electron chi connectivity index (χ1n) is 10.7. The second-order valence-corrected chi connectivity index (χ2v) is 9.38. The van der Waals surface area contributed by atoms with E-state index in [4.69, 9.17) is 0 Å². The molecule has 6 nitrogen and oxygen atoms in total. The van der Waals surface area contributed by atoms with Crippen LogP contribution in [0.1, 0.15) is 51.3 Å². The van der Waals surface area contributed by atoms with Crippen LogP contribution in [0.2, 0.25) is 0 Å². The van der Waals surface area contributed by atoms with Crippen LogP contribution >= 0.6 is 0 Å². The van der Waals surface area contributed by atoms with Gasteiger partial charge >= 0.3 is 5.97 Å². The highest BCUT2D eigenvalue weighted by atomic mass is 19.1. The molecule has 4 aromatic rings. The fourth-order valence-corrected chi connectivity index (χ4v) is 5.06. The lowest BCUT2D eigenvalue weighted by molar-refractivity contribution is -0.155. The summed E-state index contributed by atoms with van der Waals surface area (Å²) >= 11 is 0. The van der Waals surface area contributed by atoms with Crippen LogP contribution in [0.15, 0.2) is 47.4 Å². The molecular weight excluding hydrogens is 409 g/mol. The number of carboxylic acid groups (broad SMARTS) is 1. The van der Waals surface area contributed by atoms with Crippen molar-refractivity contribution >= 4 is 27.6 Å². The Kier molecular flexibility index (Phi) is 4.48. The first-order chi connectivity index (χ1) is 15.2. The predicted octanol–water partition coefficient (Wildman–Crippen LogP) is 5.23. The summed E-state index contributed by atoms with van der Waals surface area (Å²) in [6, 6.07) is 9.85. The van der Waals surface area contributed by atoms with Gasteiger partial charge in [0.1, 0.15) is 5.82 Å². The quantitative estimate of drug-likeness (QED) is 0.461. The van der Waals surface area contributed by atoms with Crippen LogP contribution in [-0.2, 0) is 4.79 Å². The van der Waals surface area contributed by atoms with E-state index >= 15 is 0 Å². The fraction of sp³-hybridized carbons (Fsp3) is 0.320. The summed E-state index contributed by atoms with van der Waals surface area (Å²) in [4.78, 5) is 25.5. The number of nitrogens with one attached hydrogen (secondary N) is 1. The first-order valence-corrected chi connectivity index (χ1v) is 10.7. The van der Waals surface area contributed by atoms with E-state index in [2.05, 4.69) is 10.2 Å². The van der Waals surface area contributed by atoms with Gasteiger partial charge in [-0.1, -0.05) is 26.0 Å². The number of carbonyl (C=O) groups is 1. The maximum Gasteiger partial charge on any atom is 0.309 e. The second kappa shape index (κ2) is 7.02. The maximum atomic E-state index is 13.8. The number of rotatable bonds is 4. The first kappa shape index (κ1) is 20.4. The zero-order valence-electron chi connectivity index (χ0n) is 18.1. The van der Waals surface area contributed by atoms with Gasteiger partial charge in [-0.25, -0.2) is 4.39 Å². The molecule has 1 aliphatic rings. The van der Waals surface area contributed by atoms with Crippen molar-refractivity contribution in [3.05, 3.63) is 64.5 Å². The summed E-state index contributed by atoms with van der Waals surface area (Å²) in [5.74, 6) is -1.18. The Labute approximate surface area is 183 Å². The molecule has 1 saturated carbocycles. The molecule has 0 aliphatic heterocycles. The normalized spacial score (nSPS) is 20.7. The van der Waals surface area contributed by atoms with Crippen molar-refractivity contribution in [1.29, 1.82) is 0 Å². The second-order valence-electron chi connectivity index (χ2n) is 9.38. The molecule has 164 valence electrons. The Hall–Kier alpha value is -3.48. The Bertz CT molecular complexity index is 1430. The van der Waals surface area contributed by atoms with Crippen LogP contribution in [0, 0.1) is 11.2 Å². The van der Waals surface area contributed by atoms with Gasteiger partial charge < -0.3 is 9.67 Å². The molecule has 1 aliphatic carbocycles. The van der Waals surface area contributed by atoms with Crippen LogP contribution in [-0.4, -0.2) is 25.8 Å². The molecule has 7 heteroatoms. The number of halogens is 1. The third-order valence-corrected chi connectivity index (χ3v) is 6.75. The van der Waals surface area contributed by atoms with E-state index in [9.17, 15) is 19.1 Å². The third-order valence-electron chi connectivity index (χ3n) is 6.75. The molecule has 0 spiro atoms. The number of H-pyrrole nitrogens is 1. The Balaban J connectivity index is 1.87. The molecule has 0 saturated heterocycles. The number of carboxylic acids is 1. The summed E-state index contributed by atoms with van der Waals surface area (Å²) in [6.07, 6.45) is 2.50. The largest absolute Gasteiger partial charge is 0.481 e. The molecule has 0 bridgehead atoms. The average molecular weight is 433 g/mol. The third kappa shape index (κ3) is 2.95. The number of hydrogen-bond acceptors (Lipinski definition) is 3. The number of nitrogens with zero attached hydrogens (tertiary/aromatic N) is 2. The molecule has 0 amide bonds. The SMILES string of the molecule is CC(C)c1c(-c2ccc(F)cc2)c2cc3cn[nH]c3cc2c(=O)n1[C@H]1C[C@](C)(C(=O)O)C1. The van der Waals surface area contributed by atoms with E-state index in [1.165, 1.54) is 12.1 Å². The van der Waals surface area contributed by atoms with Gasteiger partial charge in [-0.2, -0.15) is 5.10 Å². The lowest BCUT2D eigenvalue weighted by Crippen LogP contribution is -2.46. The molecule has 0 atom stereocenters. The number of hydrogen-bond donors (Lipinski definition) is 2. The highest BCUT2D eigenvalue weighted by molar-refractivity contribution is 6.04. The smallest absolute Gasteiger partial charge is 0.309 e. The van der Waals surface area contributed by atoms with Crippen molar-refractivity contribution in [2.75, 3.05) is 0 Å². The standard InChI is InChI=1S/C25H24FN3O3/c1-13(2)22-21(14-4-6-16(26)7-5-14)18-8-15-12-27-28-20(15)9-19(18)23(30)29(22)17-10-25(3,11-17)24(31)32/h4-9,12-13,17H,10-11H2,1-3H3,(H,27,28)(H,31,32)/t17-,25-. The maximum absolute atomic E-state index is 13.8. The number of aromatic nitrogens is 3. The van der Waals surface area contributed by atoms with Crippen molar-refractivity contribution in [3.63, 3.8) is 0 Å². The minimum atomic E-state index is -0.841. The molecule has 2 aromatic carbocycles. The van der Waals surface area contributed by atoms with E-state index in [1.54, 1.807) is 29.8 Å². The molecule has 2 heterocycles. The number of fused-ring (bicyclic) bond motifs is 2. The highest BCUT2D eigenvalue weighted by Crippen LogP contribution is 2.50. The highest BCUT2D eigenvalue weighted by Gasteiger charge is 2.48. The molecule has 2 aromatic heterocycles. The number of aliphatic carboxylic acids is 1. The number of pyridine rings is 1. The number of aromatic amines is 1. The molecule has 5 rings (SSSR count). The topological polar surface area (TPSA) is 88.0 Å². The summed E-state index contributed by atoms with van der Waals surface area (Å²) in [5, 5.41) is 18.8. The molecule has 2 N–H and O–H groups in total. The molecule has 0 unspecified atom stereocenters. The van der Waals surface area contributed by atoms with Gasteiger partial charge in [0.15, 0.2) is 0 Å². The Morgan fingerprint density at radius 2 is 1.91 bits per heavy atom. The van der Waals surface area contributed by atoms with Crippen LogP contribution in [0.4, 0.5) is 4.39 Å². The molecule has 32 heavy (non-hydrogen) atoms. The van der Waals surface area contributed by atoms with E-state index in [0.717, 1.165) is 33.1 Å². The van der Waals surface area contributed by atoms with Crippen LogP contribution in [0.25, 0.3) is 32.8 Å².